The van der Waals surface area contributed by atoms with Gasteiger partial charge in [0.15, 0.2) is 5.96 Å². The first-order valence-electron chi connectivity index (χ1n) is 8.40. The number of aliphatic imine (C=N–C) groups is 1. The third kappa shape index (κ3) is 5.71. The number of nitrogens with two attached hydrogens (primary N) is 1. The molecule has 8 nitrogen and oxygen atoms in total. The fourth-order valence-corrected chi connectivity index (χ4v) is 2.79. The molecule has 0 bridgehead atoms. The summed E-state index contributed by atoms with van der Waals surface area (Å²) in [5, 5.41) is 17.0. The van der Waals surface area contributed by atoms with Crippen LogP contribution in [0.1, 0.15) is 18.0 Å². The van der Waals surface area contributed by atoms with E-state index in [1.165, 1.54) is 12.1 Å². The molecule has 1 heterocycles. The van der Waals surface area contributed by atoms with Gasteiger partial charge in [0.1, 0.15) is 5.75 Å². The van der Waals surface area contributed by atoms with E-state index in [9.17, 15) is 10.1 Å². The second kappa shape index (κ2) is 9.95. The van der Waals surface area contributed by atoms with Crippen LogP contribution >= 0.6 is 24.0 Å². The Hall–Kier alpha value is -2.56. The van der Waals surface area contributed by atoms with Crippen LogP contribution < -0.4 is 21.1 Å². The molecule has 0 fully saturated rings. The van der Waals surface area contributed by atoms with Gasteiger partial charge in [0, 0.05) is 36.3 Å². The SMILES string of the molecule is I.NC(=NCCNc1ccc([N+](=O)[O-])cc1)NC1CCOc2ccccc21. The molecular formula is C18H22IN5O3. The number of rotatable bonds is 6. The third-order valence-electron chi connectivity index (χ3n) is 4.08. The Morgan fingerprint density at radius 2 is 2.00 bits per heavy atom. The smallest absolute Gasteiger partial charge is 0.269 e. The largest absolute Gasteiger partial charge is 0.493 e. The number of nitrogens with zero attached hydrogens (tertiary/aromatic N) is 2. The number of fused-ring (bicyclic) bond motifs is 1. The molecule has 1 aliphatic rings. The molecule has 2 aromatic rings. The summed E-state index contributed by atoms with van der Waals surface area (Å²) in [5.74, 6) is 1.26. The predicted molar refractivity (Wildman–Crippen MR) is 116 cm³/mol. The van der Waals surface area contributed by atoms with Crippen molar-refractivity contribution in [1.82, 2.24) is 5.32 Å². The Balaban J connectivity index is 0.00000261. The van der Waals surface area contributed by atoms with Gasteiger partial charge in [0.2, 0.25) is 0 Å². The van der Waals surface area contributed by atoms with Gasteiger partial charge in [-0.2, -0.15) is 0 Å². The average molecular weight is 483 g/mol. The molecule has 1 unspecified atom stereocenters. The summed E-state index contributed by atoms with van der Waals surface area (Å²) >= 11 is 0. The number of para-hydroxylation sites is 1. The second-order valence-electron chi connectivity index (χ2n) is 5.87. The lowest BCUT2D eigenvalue weighted by Crippen LogP contribution is -2.37. The fraction of sp³-hybridized carbons (Fsp3) is 0.278. The van der Waals surface area contributed by atoms with E-state index >= 15 is 0 Å². The lowest BCUT2D eigenvalue weighted by molar-refractivity contribution is -0.384. The number of hydrogen-bond donors (Lipinski definition) is 3. The number of ether oxygens (including phenoxy) is 1. The summed E-state index contributed by atoms with van der Waals surface area (Å²) in [7, 11) is 0. The highest BCUT2D eigenvalue weighted by atomic mass is 127. The first kappa shape index (κ1) is 20.7. The number of guanidine groups is 1. The molecule has 2 aromatic carbocycles. The summed E-state index contributed by atoms with van der Waals surface area (Å²) in [4.78, 5) is 14.5. The van der Waals surface area contributed by atoms with E-state index in [4.69, 9.17) is 10.5 Å². The van der Waals surface area contributed by atoms with Crippen LogP contribution in [0.2, 0.25) is 0 Å². The average Bonchev–Trinajstić information content (AvgIpc) is 2.66. The van der Waals surface area contributed by atoms with E-state index in [2.05, 4.69) is 15.6 Å². The highest BCUT2D eigenvalue weighted by Gasteiger charge is 2.21. The molecule has 0 aromatic heterocycles. The first-order valence-corrected chi connectivity index (χ1v) is 8.40. The number of nitrogens with one attached hydrogen (secondary N) is 2. The monoisotopic (exact) mass is 483 g/mol. The van der Waals surface area contributed by atoms with Crippen LogP contribution in [0.4, 0.5) is 11.4 Å². The molecule has 3 rings (SSSR count). The molecule has 0 aliphatic carbocycles. The maximum Gasteiger partial charge on any atom is 0.269 e. The maximum absolute atomic E-state index is 10.6. The van der Waals surface area contributed by atoms with E-state index in [1.807, 2.05) is 24.3 Å². The minimum absolute atomic E-state index is 0. The Kier molecular flexibility index (Phi) is 7.65. The van der Waals surface area contributed by atoms with E-state index in [0.29, 0.717) is 25.7 Å². The highest BCUT2D eigenvalue weighted by molar-refractivity contribution is 14.0. The van der Waals surface area contributed by atoms with Gasteiger partial charge in [-0.1, -0.05) is 18.2 Å². The van der Waals surface area contributed by atoms with Gasteiger partial charge in [-0.3, -0.25) is 15.1 Å². The summed E-state index contributed by atoms with van der Waals surface area (Å²) < 4.78 is 5.63. The molecule has 0 radical (unpaired) electrons. The Bertz CT molecular complexity index is 798. The number of benzene rings is 2. The van der Waals surface area contributed by atoms with Crippen LogP contribution in [0.3, 0.4) is 0 Å². The third-order valence-corrected chi connectivity index (χ3v) is 4.08. The van der Waals surface area contributed by atoms with Crippen molar-refractivity contribution in [2.75, 3.05) is 25.0 Å². The molecule has 27 heavy (non-hydrogen) atoms. The molecule has 4 N–H and O–H groups in total. The van der Waals surface area contributed by atoms with Crippen LogP contribution in [0, 0.1) is 10.1 Å². The minimum Gasteiger partial charge on any atom is -0.493 e. The van der Waals surface area contributed by atoms with Gasteiger partial charge in [-0.15, -0.1) is 24.0 Å². The first-order chi connectivity index (χ1) is 12.6. The highest BCUT2D eigenvalue weighted by Crippen LogP contribution is 2.31. The van der Waals surface area contributed by atoms with Crippen LogP contribution in [0.5, 0.6) is 5.75 Å². The van der Waals surface area contributed by atoms with Gasteiger partial charge >= 0.3 is 0 Å². The van der Waals surface area contributed by atoms with Crippen molar-refractivity contribution in [1.29, 1.82) is 0 Å². The second-order valence-corrected chi connectivity index (χ2v) is 5.87. The topological polar surface area (TPSA) is 115 Å². The van der Waals surface area contributed by atoms with Crippen molar-refractivity contribution >= 4 is 41.3 Å². The number of nitro benzene ring substituents is 1. The zero-order valence-electron chi connectivity index (χ0n) is 14.6. The molecule has 0 saturated heterocycles. The quantitative estimate of drug-likeness (QED) is 0.145. The van der Waals surface area contributed by atoms with E-state index in [0.717, 1.165) is 23.4 Å². The van der Waals surface area contributed by atoms with Crippen LogP contribution in [0.25, 0.3) is 0 Å². The molecular weight excluding hydrogens is 461 g/mol. The molecule has 1 atom stereocenters. The number of anilines is 1. The van der Waals surface area contributed by atoms with Crippen LogP contribution in [-0.4, -0.2) is 30.6 Å². The summed E-state index contributed by atoms with van der Waals surface area (Å²) in [6, 6.07) is 14.2. The molecule has 0 saturated carbocycles. The number of halogens is 1. The lowest BCUT2D eigenvalue weighted by atomic mass is 10.0. The van der Waals surface area contributed by atoms with Crippen LogP contribution in [-0.2, 0) is 0 Å². The van der Waals surface area contributed by atoms with Gasteiger partial charge in [-0.25, -0.2) is 0 Å². The van der Waals surface area contributed by atoms with Crippen molar-refractivity contribution in [3.8, 4) is 5.75 Å². The lowest BCUT2D eigenvalue weighted by Gasteiger charge is -2.26. The Morgan fingerprint density at radius 3 is 2.74 bits per heavy atom. The van der Waals surface area contributed by atoms with Crippen LogP contribution in [0.15, 0.2) is 53.5 Å². The standard InChI is InChI=1S/C18H21N5O3.HI/c19-18(22-16-9-12-26-17-4-2-1-3-15(16)17)21-11-10-20-13-5-7-14(8-6-13)23(24)25;/h1-8,16,20H,9-12H2,(H3,19,21,22);1H. The summed E-state index contributed by atoms with van der Waals surface area (Å²) in [6.45, 7) is 1.70. The number of non-ortho nitro benzene ring substituents is 1. The molecule has 9 heteroatoms. The Labute approximate surface area is 174 Å². The van der Waals surface area contributed by atoms with Gasteiger partial charge < -0.3 is 21.1 Å². The van der Waals surface area contributed by atoms with E-state index in [1.54, 1.807) is 12.1 Å². The summed E-state index contributed by atoms with van der Waals surface area (Å²) in [5.41, 5.74) is 7.94. The van der Waals surface area contributed by atoms with Crippen molar-refractivity contribution in [3.63, 3.8) is 0 Å². The van der Waals surface area contributed by atoms with Gasteiger partial charge in [-0.05, 0) is 18.2 Å². The molecule has 1 aliphatic heterocycles. The number of nitro groups is 1. The van der Waals surface area contributed by atoms with Crippen molar-refractivity contribution in [2.45, 2.75) is 12.5 Å². The predicted octanol–water partition coefficient (Wildman–Crippen LogP) is 3.05. The normalized spacial score (nSPS) is 15.7. The molecule has 0 amide bonds. The summed E-state index contributed by atoms with van der Waals surface area (Å²) in [6.07, 6.45) is 0.828. The zero-order chi connectivity index (χ0) is 18.4. The molecule has 0 spiro atoms. The molecule has 144 valence electrons. The minimum atomic E-state index is -0.422. The van der Waals surface area contributed by atoms with Gasteiger partial charge in [0.25, 0.3) is 5.69 Å². The zero-order valence-corrected chi connectivity index (χ0v) is 17.0. The van der Waals surface area contributed by atoms with Crippen molar-refractivity contribution < 1.29 is 9.66 Å². The fourth-order valence-electron chi connectivity index (χ4n) is 2.79. The van der Waals surface area contributed by atoms with E-state index in [-0.39, 0.29) is 35.7 Å². The number of hydrogen-bond acceptors (Lipinski definition) is 5. The van der Waals surface area contributed by atoms with E-state index < -0.39 is 4.92 Å². The Morgan fingerprint density at radius 1 is 1.26 bits per heavy atom. The van der Waals surface area contributed by atoms with Gasteiger partial charge in [0.05, 0.1) is 24.1 Å². The maximum atomic E-state index is 10.6. The van der Waals surface area contributed by atoms with Crippen molar-refractivity contribution in [2.24, 2.45) is 10.7 Å². The van der Waals surface area contributed by atoms with Crippen molar-refractivity contribution in [3.05, 3.63) is 64.2 Å².